The van der Waals surface area contributed by atoms with Crippen LogP contribution in [0.4, 0.5) is 0 Å². The van der Waals surface area contributed by atoms with Gasteiger partial charge in [-0.1, -0.05) is 0 Å². The lowest BCUT2D eigenvalue weighted by atomic mass is 10.3. The van der Waals surface area contributed by atoms with Gasteiger partial charge in [0, 0.05) is 10.7 Å². The third-order valence-corrected chi connectivity index (χ3v) is 1.29. The lowest BCUT2D eigenvalue weighted by Crippen LogP contribution is -2.25. The summed E-state index contributed by atoms with van der Waals surface area (Å²) < 4.78 is 0. The summed E-state index contributed by atoms with van der Waals surface area (Å²) in [7, 11) is 0. The number of H-pyrrole nitrogens is 2. The van der Waals surface area contributed by atoms with Crippen molar-refractivity contribution < 1.29 is 0 Å². The van der Waals surface area contributed by atoms with Crippen molar-refractivity contribution >= 4 is 0 Å². The summed E-state index contributed by atoms with van der Waals surface area (Å²) >= 11 is 0. The minimum atomic E-state index is -0.671. The molecule has 0 radical (unpaired) electrons. The zero-order chi connectivity index (χ0) is 9.14. The first-order valence-corrected chi connectivity index (χ1v) is 3.06. The van der Waals surface area contributed by atoms with Crippen molar-refractivity contribution in [2.24, 2.45) is 0 Å². The Hall–Kier alpha value is -2.03. The Morgan fingerprint density at radius 3 is 2.58 bits per heavy atom. The van der Waals surface area contributed by atoms with E-state index in [4.69, 9.17) is 0 Å². The third-order valence-electron chi connectivity index (χ3n) is 1.29. The summed E-state index contributed by atoms with van der Waals surface area (Å²) in [5.74, 6) is 0. The molecule has 1 heterocycles. The van der Waals surface area contributed by atoms with E-state index in [2.05, 4.69) is 9.99 Å². The fraction of sp³-hybridized carbons (Fsp3) is 0.167. The van der Waals surface area contributed by atoms with Crippen LogP contribution in [0, 0.1) is 18.2 Å². The van der Waals surface area contributed by atoms with Crippen molar-refractivity contribution in [1.82, 2.24) is 9.97 Å². The largest absolute Gasteiger partial charge is 0.498 e. The Balaban J connectivity index is 3.56. The number of hydrogen-bond donors (Lipinski definition) is 2. The molecule has 1 aromatic rings. The van der Waals surface area contributed by atoms with Crippen molar-refractivity contribution in [3.8, 4) is 6.07 Å². The number of rotatable bonds is 0. The molecule has 0 aromatic carbocycles. The molecule has 0 saturated carbocycles. The Labute approximate surface area is 66.3 Å². The van der Waals surface area contributed by atoms with Crippen LogP contribution in [0.1, 0.15) is 11.3 Å². The van der Waals surface area contributed by atoms with Crippen molar-refractivity contribution in [1.29, 1.82) is 0 Å². The van der Waals surface area contributed by atoms with Crippen LogP contribution in [0.5, 0.6) is 0 Å². The molecular weight excluding hydrogens is 162 g/mol. The van der Waals surface area contributed by atoms with Gasteiger partial charge in [0.15, 0.2) is 5.56 Å². The molecule has 0 amide bonds. The molecule has 0 bridgehead atoms. The van der Waals surface area contributed by atoms with Gasteiger partial charge in [0.2, 0.25) is 0 Å². The molecule has 12 heavy (non-hydrogen) atoms. The predicted octanol–water partition coefficient (Wildman–Crippen LogP) is -0.450. The summed E-state index contributed by atoms with van der Waals surface area (Å²) in [6.07, 6.45) is 0. The minimum absolute atomic E-state index is 0.0513. The van der Waals surface area contributed by atoms with Crippen molar-refractivity contribution in [3.05, 3.63) is 42.3 Å². The molecular formula is C6H5N3O3. The number of aromatic nitrogens is 2. The van der Waals surface area contributed by atoms with Gasteiger partial charge in [-0.3, -0.25) is 9.78 Å². The Morgan fingerprint density at radius 1 is 1.42 bits per heavy atom. The molecule has 0 aliphatic rings. The van der Waals surface area contributed by atoms with Crippen molar-refractivity contribution in [2.75, 3.05) is 0 Å². The first-order valence-electron chi connectivity index (χ1n) is 3.06. The van der Waals surface area contributed by atoms with Crippen molar-refractivity contribution in [2.45, 2.75) is 6.92 Å². The van der Waals surface area contributed by atoms with Gasteiger partial charge >= 0.3 is 11.8 Å². The lowest BCUT2D eigenvalue weighted by Gasteiger charge is -1.89. The normalized spacial score (nSPS) is 8.75. The number of nitrogens with zero attached hydrogens (tertiary/aromatic N) is 1. The monoisotopic (exact) mass is 167 g/mol. The van der Waals surface area contributed by atoms with Crippen LogP contribution < -0.4 is 11.2 Å². The molecule has 1 aromatic heterocycles. The summed E-state index contributed by atoms with van der Waals surface area (Å²) in [6, 6.07) is 1.93. The van der Waals surface area contributed by atoms with Gasteiger partial charge < -0.3 is 10.2 Å². The Kier molecular flexibility index (Phi) is 1.96. The number of hydrogen-bond acceptors (Lipinski definition) is 3. The van der Waals surface area contributed by atoms with E-state index >= 15 is 0 Å². The second kappa shape index (κ2) is 2.92. The van der Waals surface area contributed by atoms with E-state index < -0.39 is 11.2 Å². The lowest BCUT2D eigenvalue weighted by molar-refractivity contribution is 0.984. The minimum Gasteiger partial charge on any atom is -0.498 e. The van der Waals surface area contributed by atoms with Gasteiger partial charge in [-0.25, -0.2) is 4.79 Å². The van der Waals surface area contributed by atoms with Gasteiger partial charge in [0.1, 0.15) is 0 Å². The van der Waals surface area contributed by atoms with E-state index in [1.807, 2.05) is 11.1 Å². The van der Waals surface area contributed by atoms with Crippen LogP contribution in [0.2, 0.25) is 0 Å². The standard InChI is InChI=1S/C6H5N3O3/c1-3-4(2-7-12)5(10)9-6(11)8-3/h1H3,(H2,8,9,10,11). The zero-order valence-electron chi connectivity index (χ0n) is 6.17. The molecule has 0 unspecified atom stereocenters. The third kappa shape index (κ3) is 1.34. The highest BCUT2D eigenvalue weighted by molar-refractivity contribution is 5.32. The summed E-state index contributed by atoms with van der Waals surface area (Å²) in [5.41, 5.74) is -1.07. The molecule has 6 nitrogen and oxygen atoms in total. The zero-order valence-corrected chi connectivity index (χ0v) is 6.17. The number of nitrogens with one attached hydrogen (secondary N) is 2. The molecule has 6 heteroatoms. The quantitative estimate of drug-likeness (QED) is 0.512. The first kappa shape index (κ1) is 8.07. The maximum absolute atomic E-state index is 10.9. The highest BCUT2D eigenvalue weighted by atomic mass is 16.4. The second-order valence-corrected chi connectivity index (χ2v) is 2.11. The van der Waals surface area contributed by atoms with E-state index in [0.717, 1.165) is 0 Å². The maximum atomic E-state index is 10.9. The van der Waals surface area contributed by atoms with Crippen LogP contribution in [0.3, 0.4) is 0 Å². The predicted molar refractivity (Wildman–Crippen MR) is 42.1 cm³/mol. The molecule has 0 saturated heterocycles. The summed E-state index contributed by atoms with van der Waals surface area (Å²) in [5, 5.41) is 12.1. The summed E-state index contributed by atoms with van der Waals surface area (Å²) in [4.78, 5) is 25.8. The van der Waals surface area contributed by atoms with Gasteiger partial charge in [0.05, 0.1) is 0 Å². The molecule has 0 aliphatic heterocycles. The number of aryl methyl sites for hydroxylation is 1. The highest BCUT2D eigenvalue weighted by Crippen LogP contribution is 1.90. The summed E-state index contributed by atoms with van der Waals surface area (Å²) in [6.45, 7) is 1.48. The average molecular weight is 167 g/mol. The molecule has 0 fully saturated rings. The van der Waals surface area contributed by atoms with Gasteiger partial charge in [0.25, 0.3) is 5.56 Å². The maximum Gasteiger partial charge on any atom is 0.344 e. The average Bonchev–Trinajstić information content (AvgIpc) is 1.96. The van der Waals surface area contributed by atoms with Gasteiger partial charge in [-0.2, -0.15) is 0 Å². The molecule has 0 atom stereocenters. The van der Waals surface area contributed by atoms with E-state index in [-0.39, 0.29) is 11.3 Å². The van der Waals surface area contributed by atoms with Crippen LogP contribution in [0.15, 0.2) is 9.59 Å². The van der Waals surface area contributed by atoms with Crippen LogP contribution in [0.25, 0.3) is 5.01 Å². The van der Waals surface area contributed by atoms with Crippen LogP contribution in [-0.4, -0.2) is 9.97 Å². The second-order valence-electron chi connectivity index (χ2n) is 2.11. The highest BCUT2D eigenvalue weighted by Gasteiger charge is 2.07. The smallest absolute Gasteiger partial charge is 0.344 e. The first-order chi connectivity index (χ1) is 5.65. The topological polar surface area (TPSA) is 93.1 Å². The van der Waals surface area contributed by atoms with Gasteiger partial charge in [-0.05, 0) is 6.92 Å². The fourth-order valence-electron chi connectivity index (χ4n) is 0.780. The Bertz CT molecular complexity index is 459. The SMILES string of the molecule is Cc1[nH]c(=O)[nH]c(=O)c1C#[N+][O-]. The van der Waals surface area contributed by atoms with E-state index in [1.54, 1.807) is 0 Å². The van der Waals surface area contributed by atoms with E-state index in [0.29, 0.717) is 0 Å². The van der Waals surface area contributed by atoms with Crippen LogP contribution >= 0.6 is 0 Å². The van der Waals surface area contributed by atoms with Crippen LogP contribution in [-0.2, 0) is 0 Å². The fourth-order valence-corrected chi connectivity index (χ4v) is 0.780. The van der Waals surface area contributed by atoms with Gasteiger partial charge in [-0.15, -0.1) is 0 Å². The van der Waals surface area contributed by atoms with Crippen molar-refractivity contribution in [3.63, 3.8) is 0 Å². The molecule has 0 aliphatic carbocycles. The van der Waals surface area contributed by atoms with E-state index in [9.17, 15) is 14.8 Å². The Morgan fingerprint density at radius 2 is 2.08 bits per heavy atom. The molecule has 0 spiro atoms. The molecule has 1 rings (SSSR count). The molecule has 62 valence electrons. The van der Waals surface area contributed by atoms with E-state index in [1.165, 1.54) is 6.92 Å². The number of aromatic amines is 2. The molecule has 2 N–H and O–H groups in total.